The Labute approximate surface area is 174 Å². The molecule has 1 fully saturated rings. The average Bonchev–Trinajstić information content (AvgIpc) is 3.11. The lowest BCUT2D eigenvalue weighted by molar-refractivity contribution is -0.385. The summed E-state index contributed by atoms with van der Waals surface area (Å²) in [6.07, 6.45) is 1.86. The minimum Gasteiger partial charge on any atom is -0.444 e. The molecule has 0 N–H and O–H groups in total. The number of hydrogen-bond donors (Lipinski definition) is 0. The Bertz CT molecular complexity index is 925. The first-order valence-corrected chi connectivity index (χ1v) is 9.93. The minimum absolute atomic E-state index is 0.0970. The van der Waals surface area contributed by atoms with Gasteiger partial charge in [-0.25, -0.2) is 9.48 Å². The molecule has 1 aromatic heterocycles. The smallest absolute Gasteiger partial charge is 0.410 e. The van der Waals surface area contributed by atoms with E-state index >= 15 is 0 Å². The molecule has 1 saturated heterocycles. The molecule has 1 aliphatic heterocycles. The number of benzene rings is 1. The summed E-state index contributed by atoms with van der Waals surface area (Å²) in [6.45, 7) is 6.27. The number of nitrogens with zero attached hydrogens (tertiary/aromatic N) is 4. The first-order chi connectivity index (χ1) is 14.1. The van der Waals surface area contributed by atoms with E-state index in [1.54, 1.807) is 17.0 Å². The van der Waals surface area contributed by atoms with Crippen LogP contribution in [0.1, 0.15) is 39.3 Å². The van der Waals surface area contributed by atoms with Crippen LogP contribution < -0.4 is 0 Å². The van der Waals surface area contributed by atoms with E-state index in [0.29, 0.717) is 31.6 Å². The lowest BCUT2D eigenvalue weighted by atomic mass is 9.90. The van der Waals surface area contributed by atoms with E-state index in [0.717, 1.165) is 0 Å². The van der Waals surface area contributed by atoms with Crippen molar-refractivity contribution < 1.29 is 19.2 Å². The van der Waals surface area contributed by atoms with Crippen LogP contribution in [-0.2, 0) is 16.0 Å². The van der Waals surface area contributed by atoms with Crippen LogP contribution >= 0.6 is 0 Å². The number of para-hydroxylation sites is 1. The van der Waals surface area contributed by atoms with Crippen molar-refractivity contribution >= 4 is 17.6 Å². The number of likely N-dealkylation sites (tertiary alicyclic amines) is 1. The molecule has 0 radical (unpaired) electrons. The van der Waals surface area contributed by atoms with Gasteiger partial charge in [0.05, 0.1) is 17.0 Å². The molecule has 0 saturated carbocycles. The number of aromatic nitrogens is 2. The maximum atomic E-state index is 12.8. The third-order valence-corrected chi connectivity index (χ3v) is 4.93. The monoisotopic (exact) mass is 414 g/mol. The van der Waals surface area contributed by atoms with Gasteiger partial charge in [0.25, 0.3) is 0 Å². The number of rotatable bonds is 5. The number of Topliss-reactive ketones (excluding diaryl/α,β-unsaturated/α-hetero) is 1. The number of ketones is 1. The fourth-order valence-corrected chi connectivity index (χ4v) is 3.41. The molecule has 0 spiro atoms. The Morgan fingerprint density at radius 1 is 1.20 bits per heavy atom. The lowest BCUT2D eigenvalue weighted by Gasteiger charge is -2.32. The van der Waals surface area contributed by atoms with Crippen molar-refractivity contribution in [3.63, 3.8) is 0 Å². The average molecular weight is 414 g/mol. The molecule has 1 amide bonds. The fourth-order valence-electron chi connectivity index (χ4n) is 3.41. The van der Waals surface area contributed by atoms with Crippen molar-refractivity contribution in [1.82, 2.24) is 14.7 Å². The van der Waals surface area contributed by atoms with Crippen molar-refractivity contribution in [2.75, 3.05) is 13.1 Å². The molecule has 1 aliphatic rings. The first kappa shape index (κ1) is 21.5. The van der Waals surface area contributed by atoms with E-state index in [1.165, 1.54) is 10.9 Å². The Hall–Kier alpha value is -3.23. The van der Waals surface area contributed by atoms with E-state index in [1.807, 2.05) is 39.0 Å². The summed E-state index contributed by atoms with van der Waals surface area (Å²) in [5, 5.41) is 15.7. The minimum atomic E-state index is -0.569. The van der Waals surface area contributed by atoms with Crippen LogP contribution in [0.5, 0.6) is 0 Å². The highest BCUT2D eigenvalue weighted by Gasteiger charge is 2.31. The fraction of sp³-hybridized carbons (Fsp3) is 0.476. The van der Waals surface area contributed by atoms with Crippen molar-refractivity contribution in [3.8, 4) is 5.69 Å². The number of carbonyl (C=O) groups is 2. The molecular formula is C21H26N4O5. The van der Waals surface area contributed by atoms with Gasteiger partial charge in [-0.3, -0.25) is 14.9 Å². The Kier molecular flexibility index (Phi) is 6.19. The molecule has 0 bridgehead atoms. The van der Waals surface area contributed by atoms with Gasteiger partial charge in [0.15, 0.2) is 0 Å². The summed E-state index contributed by atoms with van der Waals surface area (Å²) in [6, 6.07) is 9.04. The van der Waals surface area contributed by atoms with E-state index in [9.17, 15) is 19.7 Å². The van der Waals surface area contributed by atoms with Gasteiger partial charge < -0.3 is 9.64 Å². The molecule has 2 aromatic rings. The van der Waals surface area contributed by atoms with Crippen molar-refractivity contribution in [2.24, 2.45) is 5.92 Å². The van der Waals surface area contributed by atoms with Crippen LogP contribution in [-0.4, -0.2) is 50.2 Å². The van der Waals surface area contributed by atoms with Crippen molar-refractivity contribution in [3.05, 3.63) is 52.3 Å². The molecule has 160 valence electrons. The molecule has 30 heavy (non-hydrogen) atoms. The predicted molar refractivity (Wildman–Crippen MR) is 109 cm³/mol. The van der Waals surface area contributed by atoms with E-state index in [-0.39, 0.29) is 35.6 Å². The van der Waals surface area contributed by atoms with Crippen LogP contribution in [0.2, 0.25) is 0 Å². The quantitative estimate of drug-likeness (QED) is 0.547. The van der Waals surface area contributed by atoms with Gasteiger partial charge in [0.1, 0.15) is 23.3 Å². The zero-order valence-electron chi connectivity index (χ0n) is 17.4. The zero-order valence-corrected chi connectivity index (χ0v) is 17.4. The summed E-state index contributed by atoms with van der Waals surface area (Å²) < 4.78 is 6.79. The van der Waals surface area contributed by atoms with Gasteiger partial charge in [-0.05, 0) is 45.7 Å². The summed E-state index contributed by atoms with van der Waals surface area (Å²) >= 11 is 0. The topological polar surface area (TPSA) is 108 Å². The van der Waals surface area contributed by atoms with Gasteiger partial charge in [0, 0.05) is 19.0 Å². The number of hydrogen-bond acceptors (Lipinski definition) is 6. The number of nitro groups is 1. The van der Waals surface area contributed by atoms with Crippen molar-refractivity contribution in [2.45, 2.75) is 45.6 Å². The molecule has 0 unspecified atom stereocenters. The van der Waals surface area contributed by atoms with Crippen LogP contribution in [0.3, 0.4) is 0 Å². The highest BCUT2D eigenvalue weighted by atomic mass is 16.6. The molecule has 9 nitrogen and oxygen atoms in total. The molecular weight excluding hydrogens is 388 g/mol. The summed E-state index contributed by atoms with van der Waals surface area (Å²) in [5.74, 6) is -0.356. The second kappa shape index (κ2) is 8.64. The first-order valence-electron chi connectivity index (χ1n) is 9.93. The van der Waals surface area contributed by atoms with Gasteiger partial charge in [-0.1, -0.05) is 18.2 Å². The number of piperidine rings is 1. The van der Waals surface area contributed by atoms with Gasteiger partial charge >= 0.3 is 11.8 Å². The summed E-state index contributed by atoms with van der Waals surface area (Å²) in [4.78, 5) is 37.5. The third-order valence-electron chi connectivity index (χ3n) is 4.93. The van der Waals surface area contributed by atoms with Gasteiger partial charge in [-0.15, -0.1) is 0 Å². The third kappa shape index (κ3) is 5.22. The van der Waals surface area contributed by atoms with Crippen LogP contribution in [0.4, 0.5) is 10.5 Å². The maximum absolute atomic E-state index is 12.8. The van der Waals surface area contributed by atoms with E-state index in [4.69, 9.17) is 4.74 Å². The normalized spacial score (nSPS) is 15.1. The largest absolute Gasteiger partial charge is 0.444 e. The highest BCUT2D eigenvalue weighted by Crippen LogP contribution is 2.25. The Balaban J connectivity index is 1.65. The van der Waals surface area contributed by atoms with E-state index < -0.39 is 10.5 Å². The van der Waals surface area contributed by atoms with Gasteiger partial charge in [0.2, 0.25) is 0 Å². The standard InChI is InChI=1S/C21H26N4O5/c1-21(2,3)30-20(27)23-11-9-15(10-12-23)19(26)13-17-18(25(28)29)14-24(22-17)16-7-5-4-6-8-16/h4-8,14-15H,9-13H2,1-3H3. The number of amides is 1. The van der Waals surface area contributed by atoms with Gasteiger partial charge in [-0.2, -0.15) is 5.10 Å². The molecule has 0 aliphatic carbocycles. The predicted octanol–water partition coefficient (Wildman–Crippen LogP) is 3.54. The Morgan fingerprint density at radius 2 is 1.83 bits per heavy atom. The second-order valence-electron chi connectivity index (χ2n) is 8.38. The lowest BCUT2D eigenvalue weighted by Crippen LogP contribution is -2.43. The number of ether oxygens (including phenoxy) is 1. The van der Waals surface area contributed by atoms with Crippen LogP contribution in [0, 0.1) is 16.0 Å². The van der Waals surface area contributed by atoms with Crippen LogP contribution in [0.25, 0.3) is 5.69 Å². The molecule has 2 heterocycles. The molecule has 3 rings (SSSR count). The molecule has 9 heteroatoms. The molecule has 0 atom stereocenters. The van der Waals surface area contributed by atoms with Crippen LogP contribution in [0.15, 0.2) is 36.5 Å². The summed E-state index contributed by atoms with van der Waals surface area (Å²) in [5.41, 5.74) is 0.104. The SMILES string of the molecule is CC(C)(C)OC(=O)N1CCC(C(=O)Cc2nn(-c3ccccc3)cc2[N+](=O)[O-])CC1. The Morgan fingerprint density at radius 3 is 2.40 bits per heavy atom. The zero-order chi connectivity index (χ0) is 21.9. The van der Waals surface area contributed by atoms with E-state index in [2.05, 4.69) is 5.10 Å². The summed E-state index contributed by atoms with van der Waals surface area (Å²) in [7, 11) is 0. The highest BCUT2D eigenvalue weighted by molar-refractivity contribution is 5.84. The van der Waals surface area contributed by atoms with Crippen molar-refractivity contribution in [1.29, 1.82) is 0 Å². The molecule has 1 aromatic carbocycles. The maximum Gasteiger partial charge on any atom is 0.410 e. The second-order valence-corrected chi connectivity index (χ2v) is 8.38. The number of carbonyl (C=O) groups excluding carboxylic acids is 2.